The summed E-state index contributed by atoms with van der Waals surface area (Å²) < 4.78 is 0. The average Bonchev–Trinajstić information content (AvgIpc) is 3.69. The van der Waals surface area contributed by atoms with Crippen LogP contribution in [0.2, 0.25) is 0 Å². The summed E-state index contributed by atoms with van der Waals surface area (Å²) in [5.41, 5.74) is 19.1. The first-order chi connectivity index (χ1) is 34.1. The highest BCUT2D eigenvalue weighted by molar-refractivity contribution is 6.22. The van der Waals surface area contributed by atoms with Gasteiger partial charge in [0.05, 0.1) is 0 Å². The molecular weight excluding hydrogens is 831 g/mol. The van der Waals surface area contributed by atoms with Gasteiger partial charge in [-0.1, -0.05) is 218 Å². The Hall–Kier alpha value is -8.78. The molecule has 324 valence electrons. The number of anilines is 3. The summed E-state index contributed by atoms with van der Waals surface area (Å²) in [5, 5.41) is 7.49. The minimum absolute atomic E-state index is 0.332. The van der Waals surface area contributed by atoms with Gasteiger partial charge in [0, 0.05) is 22.5 Å². The Balaban J connectivity index is 0.995. The summed E-state index contributed by atoms with van der Waals surface area (Å²) in [7, 11) is 0. The van der Waals surface area contributed by atoms with Gasteiger partial charge in [0.25, 0.3) is 0 Å². The summed E-state index contributed by atoms with van der Waals surface area (Å²) in [6.07, 6.45) is 0. The summed E-state index contributed by atoms with van der Waals surface area (Å²) in [5.74, 6) is 0. The molecule has 0 fully saturated rings. The minimum Gasteiger partial charge on any atom is -0.310 e. The predicted molar refractivity (Wildman–Crippen MR) is 293 cm³/mol. The molecular formula is C68H47N. The molecule has 1 atom stereocenters. The largest absolute Gasteiger partial charge is 0.310 e. The highest BCUT2D eigenvalue weighted by Gasteiger charge is 2.41. The lowest BCUT2D eigenvalue weighted by Gasteiger charge is -2.31. The normalized spacial score (nSPS) is 13.9. The molecule has 12 aromatic carbocycles. The van der Waals surface area contributed by atoms with Gasteiger partial charge in [-0.2, -0.15) is 0 Å². The molecule has 0 bridgehead atoms. The quantitative estimate of drug-likeness (QED) is 0.138. The zero-order chi connectivity index (χ0) is 45.9. The Morgan fingerprint density at radius 2 is 0.797 bits per heavy atom. The van der Waals surface area contributed by atoms with E-state index in [1.165, 1.54) is 99.1 Å². The van der Waals surface area contributed by atoms with Gasteiger partial charge in [-0.05, 0) is 160 Å². The van der Waals surface area contributed by atoms with Gasteiger partial charge >= 0.3 is 0 Å². The second kappa shape index (κ2) is 16.5. The van der Waals surface area contributed by atoms with Crippen molar-refractivity contribution in [2.75, 3.05) is 4.90 Å². The smallest absolute Gasteiger partial charge is 0.0467 e. The Kier molecular flexibility index (Phi) is 9.70. The van der Waals surface area contributed by atoms with Crippen molar-refractivity contribution in [2.24, 2.45) is 0 Å². The van der Waals surface area contributed by atoms with Crippen molar-refractivity contribution >= 4 is 49.4 Å². The van der Waals surface area contributed by atoms with E-state index in [4.69, 9.17) is 0 Å². The molecule has 0 aromatic heterocycles. The lowest BCUT2D eigenvalue weighted by molar-refractivity contribution is 0.714. The Bertz CT molecular complexity index is 3890. The van der Waals surface area contributed by atoms with E-state index in [2.05, 4.69) is 279 Å². The van der Waals surface area contributed by atoms with Gasteiger partial charge in [-0.15, -0.1) is 0 Å². The molecule has 0 heterocycles. The highest BCUT2D eigenvalue weighted by Crippen LogP contribution is 2.54. The zero-order valence-electron chi connectivity index (χ0n) is 38.4. The van der Waals surface area contributed by atoms with E-state index in [-0.39, 0.29) is 5.41 Å². The van der Waals surface area contributed by atoms with Crippen LogP contribution in [0.5, 0.6) is 0 Å². The van der Waals surface area contributed by atoms with E-state index in [0.29, 0.717) is 0 Å². The van der Waals surface area contributed by atoms with Crippen LogP contribution in [-0.2, 0) is 5.41 Å². The average molecular weight is 878 g/mol. The maximum atomic E-state index is 2.45. The van der Waals surface area contributed by atoms with Crippen LogP contribution in [0.25, 0.3) is 88.0 Å². The maximum Gasteiger partial charge on any atom is 0.0467 e. The van der Waals surface area contributed by atoms with E-state index in [1.807, 2.05) is 0 Å². The van der Waals surface area contributed by atoms with E-state index in [0.717, 1.165) is 22.6 Å². The number of benzene rings is 12. The molecule has 13 rings (SSSR count). The molecule has 0 saturated heterocycles. The number of hydrogen-bond donors (Lipinski definition) is 0. The van der Waals surface area contributed by atoms with Crippen LogP contribution < -0.4 is 4.90 Å². The van der Waals surface area contributed by atoms with Crippen molar-refractivity contribution in [3.05, 3.63) is 284 Å². The van der Waals surface area contributed by atoms with E-state index < -0.39 is 0 Å². The molecule has 0 spiro atoms. The van der Waals surface area contributed by atoms with Gasteiger partial charge < -0.3 is 4.90 Å². The standard InChI is InChI=1S/C68H47N/c1-68(54-25-9-4-10-26-54)64-31-16-15-29-60(64)61-41-39-57(45-65(61)68)69(55-37-34-47(35-38-55)52-33-32-46-18-11-12-23-50(46)42-52)56-27-17-24-51(43-56)53-36-40-59-58-28-13-14-30-62(58)66(48-19-5-2-6-20-48)67(63(59)44-53)49-21-7-3-8-22-49/h2-45H,1H3. The van der Waals surface area contributed by atoms with Crippen molar-refractivity contribution in [2.45, 2.75) is 12.3 Å². The van der Waals surface area contributed by atoms with Gasteiger partial charge in [-0.25, -0.2) is 0 Å². The first-order valence-corrected chi connectivity index (χ1v) is 24.0. The number of nitrogens with zero attached hydrogens (tertiary/aromatic N) is 1. The number of rotatable bonds is 8. The van der Waals surface area contributed by atoms with E-state index in [1.54, 1.807) is 0 Å². The third-order valence-electron chi connectivity index (χ3n) is 14.7. The molecule has 1 heteroatoms. The fourth-order valence-electron chi connectivity index (χ4n) is 11.3. The molecule has 0 amide bonds. The molecule has 0 N–H and O–H groups in total. The Morgan fingerprint density at radius 3 is 1.57 bits per heavy atom. The fourth-order valence-corrected chi connectivity index (χ4v) is 11.3. The van der Waals surface area contributed by atoms with Crippen molar-refractivity contribution < 1.29 is 0 Å². The van der Waals surface area contributed by atoms with Crippen LogP contribution in [0.4, 0.5) is 17.1 Å². The second-order valence-corrected chi connectivity index (χ2v) is 18.5. The molecule has 1 nitrogen and oxygen atoms in total. The molecule has 12 aromatic rings. The minimum atomic E-state index is -0.332. The SMILES string of the molecule is CC1(c2ccccc2)c2ccccc2-c2ccc(N(c3ccc(-c4ccc5ccccc5c4)cc3)c3cccc(-c4ccc5c(c4)c(-c4ccccc4)c(-c4ccccc4)c4ccccc45)c3)cc21. The summed E-state index contributed by atoms with van der Waals surface area (Å²) in [4.78, 5) is 2.44. The summed E-state index contributed by atoms with van der Waals surface area (Å²) in [6.45, 7) is 2.40. The van der Waals surface area contributed by atoms with Crippen molar-refractivity contribution in [3.8, 4) is 55.6 Å². The van der Waals surface area contributed by atoms with E-state index in [9.17, 15) is 0 Å². The van der Waals surface area contributed by atoms with Crippen molar-refractivity contribution in [1.29, 1.82) is 0 Å². The van der Waals surface area contributed by atoms with Gasteiger partial charge in [0.1, 0.15) is 0 Å². The topological polar surface area (TPSA) is 3.24 Å². The fraction of sp³-hybridized carbons (Fsp3) is 0.0294. The second-order valence-electron chi connectivity index (χ2n) is 18.5. The van der Waals surface area contributed by atoms with Crippen LogP contribution in [0.3, 0.4) is 0 Å². The monoisotopic (exact) mass is 877 g/mol. The highest BCUT2D eigenvalue weighted by atomic mass is 15.1. The molecule has 69 heavy (non-hydrogen) atoms. The molecule has 1 aliphatic carbocycles. The van der Waals surface area contributed by atoms with Gasteiger partial charge in [0.2, 0.25) is 0 Å². The van der Waals surface area contributed by atoms with Gasteiger partial charge in [0.15, 0.2) is 0 Å². The van der Waals surface area contributed by atoms with Crippen LogP contribution >= 0.6 is 0 Å². The van der Waals surface area contributed by atoms with E-state index >= 15 is 0 Å². The zero-order valence-corrected chi connectivity index (χ0v) is 38.4. The van der Waals surface area contributed by atoms with Crippen LogP contribution in [0.15, 0.2) is 267 Å². The van der Waals surface area contributed by atoms with Crippen molar-refractivity contribution in [1.82, 2.24) is 0 Å². The maximum absolute atomic E-state index is 2.45. The number of fused-ring (bicyclic) bond motifs is 7. The molecule has 0 aliphatic heterocycles. The third kappa shape index (κ3) is 6.77. The third-order valence-corrected chi connectivity index (χ3v) is 14.7. The molecule has 0 radical (unpaired) electrons. The molecule has 1 aliphatic rings. The lowest BCUT2D eigenvalue weighted by Crippen LogP contribution is -2.22. The molecule has 0 saturated carbocycles. The van der Waals surface area contributed by atoms with Crippen LogP contribution in [0, 0.1) is 0 Å². The summed E-state index contributed by atoms with van der Waals surface area (Å²) in [6, 6.07) is 98.4. The van der Waals surface area contributed by atoms with Crippen molar-refractivity contribution in [3.63, 3.8) is 0 Å². The molecule has 1 unspecified atom stereocenters. The first-order valence-electron chi connectivity index (χ1n) is 24.0. The van der Waals surface area contributed by atoms with Crippen LogP contribution in [0.1, 0.15) is 23.6 Å². The summed E-state index contributed by atoms with van der Waals surface area (Å²) >= 11 is 0. The first kappa shape index (κ1) is 40.5. The Labute approximate surface area is 403 Å². The lowest BCUT2D eigenvalue weighted by atomic mass is 9.74. The van der Waals surface area contributed by atoms with Crippen LogP contribution in [-0.4, -0.2) is 0 Å². The number of hydrogen-bond acceptors (Lipinski definition) is 1. The van der Waals surface area contributed by atoms with Gasteiger partial charge in [-0.3, -0.25) is 0 Å². The predicted octanol–water partition coefficient (Wildman–Crippen LogP) is 18.6. The Morgan fingerprint density at radius 1 is 0.275 bits per heavy atom.